The maximum absolute atomic E-state index is 11.0. The zero-order valence-electron chi connectivity index (χ0n) is 7.74. The van der Waals surface area contributed by atoms with Gasteiger partial charge in [-0.2, -0.15) is 0 Å². The smallest absolute Gasteiger partial charge is 0.182 e. The predicted molar refractivity (Wildman–Crippen MR) is 52.1 cm³/mol. The summed E-state index contributed by atoms with van der Waals surface area (Å²) in [4.78, 5) is 11.0. The van der Waals surface area contributed by atoms with E-state index in [9.17, 15) is 4.79 Å². The summed E-state index contributed by atoms with van der Waals surface area (Å²) in [6, 6.07) is 5.18. The third-order valence-corrected chi connectivity index (χ3v) is 2.13. The molecule has 0 unspecified atom stereocenters. The van der Waals surface area contributed by atoms with E-state index in [0.29, 0.717) is 5.92 Å². The first kappa shape index (κ1) is 8.10. The molecule has 0 aliphatic rings. The van der Waals surface area contributed by atoms with E-state index < -0.39 is 0 Å². The van der Waals surface area contributed by atoms with Crippen molar-refractivity contribution in [3.63, 3.8) is 0 Å². The quantitative estimate of drug-likeness (QED) is 0.706. The van der Waals surface area contributed by atoms with Gasteiger partial charge in [0.05, 0.1) is 5.52 Å². The monoisotopic (exact) mass is 176 g/mol. The van der Waals surface area contributed by atoms with E-state index in [0.717, 1.165) is 11.2 Å². The van der Waals surface area contributed by atoms with E-state index in [-0.39, 0.29) is 5.43 Å². The maximum Gasteiger partial charge on any atom is 0.182 e. The van der Waals surface area contributed by atoms with Gasteiger partial charge in [-0.1, -0.05) is 13.8 Å². The van der Waals surface area contributed by atoms with E-state index in [2.05, 4.69) is 18.9 Å². The van der Waals surface area contributed by atoms with Gasteiger partial charge in [-0.05, 0) is 12.0 Å². The third kappa shape index (κ3) is 1.37. The molecular formula is C10H12N2O. The fraction of sp³-hybridized carbons (Fsp3) is 0.300. The number of H-pyrrole nitrogens is 1. The second-order valence-electron chi connectivity index (χ2n) is 3.52. The lowest BCUT2D eigenvalue weighted by Gasteiger charge is -1.97. The number of aromatic amines is 1. The van der Waals surface area contributed by atoms with Gasteiger partial charge < -0.3 is 0 Å². The van der Waals surface area contributed by atoms with Crippen LogP contribution >= 0.6 is 0 Å². The Labute approximate surface area is 76.0 Å². The van der Waals surface area contributed by atoms with Crippen LogP contribution in [0.15, 0.2) is 29.2 Å². The number of hydrogen-bond donors (Lipinski definition) is 1. The topological polar surface area (TPSA) is 37.3 Å². The molecule has 0 spiro atoms. The number of fused-ring (bicyclic) bond motifs is 1. The van der Waals surface area contributed by atoms with Gasteiger partial charge in [-0.25, -0.2) is 0 Å². The van der Waals surface area contributed by atoms with Gasteiger partial charge in [0, 0.05) is 24.0 Å². The molecule has 0 aromatic carbocycles. The molecular weight excluding hydrogens is 164 g/mol. The van der Waals surface area contributed by atoms with Crippen LogP contribution in [0.4, 0.5) is 0 Å². The Morgan fingerprint density at radius 3 is 2.85 bits per heavy atom. The van der Waals surface area contributed by atoms with Gasteiger partial charge in [0.15, 0.2) is 5.43 Å². The largest absolute Gasteiger partial charge is 0.298 e. The molecule has 0 aliphatic carbocycles. The average molecular weight is 176 g/mol. The highest BCUT2D eigenvalue weighted by molar-refractivity contribution is 5.47. The molecule has 2 rings (SSSR count). The van der Waals surface area contributed by atoms with Crippen LogP contribution in [0.25, 0.3) is 5.52 Å². The lowest BCUT2D eigenvalue weighted by atomic mass is 10.1. The van der Waals surface area contributed by atoms with Gasteiger partial charge in [0.2, 0.25) is 0 Å². The molecule has 2 aromatic heterocycles. The molecule has 3 heteroatoms. The van der Waals surface area contributed by atoms with E-state index in [4.69, 9.17) is 0 Å². The van der Waals surface area contributed by atoms with Crippen molar-refractivity contribution in [3.05, 3.63) is 40.3 Å². The van der Waals surface area contributed by atoms with Crippen LogP contribution in [0.2, 0.25) is 0 Å². The molecule has 2 heterocycles. The zero-order valence-corrected chi connectivity index (χ0v) is 7.74. The molecule has 2 aromatic rings. The summed E-state index contributed by atoms with van der Waals surface area (Å²) in [6.45, 7) is 4.23. The first-order chi connectivity index (χ1) is 6.16. The second kappa shape index (κ2) is 2.76. The third-order valence-electron chi connectivity index (χ3n) is 2.13. The van der Waals surface area contributed by atoms with E-state index >= 15 is 0 Å². The Balaban J connectivity index is 2.69. The molecule has 1 N–H and O–H groups in total. The first-order valence-corrected chi connectivity index (χ1v) is 4.38. The van der Waals surface area contributed by atoms with Gasteiger partial charge in [0.1, 0.15) is 0 Å². The number of aromatic nitrogens is 2. The van der Waals surface area contributed by atoms with Crippen LogP contribution in [0.3, 0.4) is 0 Å². The summed E-state index contributed by atoms with van der Waals surface area (Å²) in [5.41, 5.74) is 2.12. The number of hydrogen-bond acceptors (Lipinski definition) is 1. The summed E-state index contributed by atoms with van der Waals surface area (Å²) in [7, 11) is 0. The Bertz CT molecular complexity index is 479. The summed E-state index contributed by atoms with van der Waals surface area (Å²) < 4.78 is 1.86. The van der Waals surface area contributed by atoms with Crippen LogP contribution in [0.1, 0.15) is 25.5 Å². The summed E-state index contributed by atoms with van der Waals surface area (Å²) >= 11 is 0. The van der Waals surface area contributed by atoms with Gasteiger partial charge >= 0.3 is 0 Å². The normalized spacial score (nSPS) is 11.3. The molecule has 0 aliphatic heterocycles. The Morgan fingerprint density at radius 1 is 1.38 bits per heavy atom. The van der Waals surface area contributed by atoms with Gasteiger partial charge in [-0.3, -0.25) is 14.4 Å². The molecule has 3 nitrogen and oxygen atoms in total. The van der Waals surface area contributed by atoms with Crippen molar-refractivity contribution < 1.29 is 0 Å². The summed E-state index contributed by atoms with van der Waals surface area (Å²) in [5.74, 6) is 0.454. The molecule has 0 amide bonds. The van der Waals surface area contributed by atoms with Crippen LogP contribution in [0.5, 0.6) is 0 Å². The summed E-state index contributed by atoms with van der Waals surface area (Å²) in [6.07, 6.45) is 1.75. The minimum absolute atomic E-state index is 0.0503. The number of pyridine rings is 1. The SMILES string of the molecule is CC(C)c1cc2cc(=O)ccn2[nH]1. The highest BCUT2D eigenvalue weighted by Gasteiger charge is 2.02. The van der Waals surface area contributed by atoms with Crippen LogP contribution in [0, 0.1) is 0 Å². The molecule has 0 bridgehead atoms. The minimum Gasteiger partial charge on any atom is -0.298 e. The van der Waals surface area contributed by atoms with Crippen molar-refractivity contribution in [1.29, 1.82) is 0 Å². The van der Waals surface area contributed by atoms with Crippen molar-refractivity contribution in [2.75, 3.05) is 0 Å². The molecule has 0 saturated carbocycles. The maximum atomic E-state index is 11.0. The average Bonchev–Trinajstić information content (AvgIpc) is 2.46. The molecule has 0 atom stereocenters. The van der Waals surface area contributed by atoms with Crippen molar-refractivity contribution in [2.24, 2.45) is 0 Å². The van der Waals surface area contributed by atoms with Crippen molar-refractivity contribution in [3.8, 4) is 0 Å². The molecule has 68 valence electrons. The Hall–Kier alpha value is -1.51. The van der Waals surface area contributed by atoms with Crippen molar-refractivity contribution in [2.45, 2.75) is 19.8 Å². The lowest BCUT2D eigenvalue weighted by Crippen LogP contribution is -1.98. The second-order valence-corrected chi connectivity index (χ2v) is 3.52. The fourth-order valence-corrected chi connectivity index (χ4v) is 1.34. The zero-order chi connectivity index (χ0) is 9.42. The fourth-order valence-electron chi connectivity index (χ4n) is 1.34. The highest BCUT2D eigenvalue weighted by Crippen LogP contribution is 2.13. The predicted octanol–water partition coefficient (Wildman–Crippen LogP) is 1.75. The Kier molecular flexibility index (Phi) is 1.72. The molecule has 0 saturated heterocycles. The van der Waals surface area contributed by atoms with Crippen molar-refractivity contribution >= 4 is 5.52 Å². The number of rotatable bonds is 1. The minimum atomic E-state index is 0.0503. The van der Waals surface area contributed by atoms with E-state index in [1.54, 1.807) is 18.3 Å². The van der Waals surface area contributed by atoms with E-state index in [1.807, 2.05) is 10.6 Å². The van der Waals surface area contributed by atoms with Crippen LogP contribution in [-0.4, -0.2) is 9.61 Å². The lowest BCUT2D eigenvalue weighted by molar-refractivity contribution is 0.788. The standard InChI is InChI=1S/C10H12N2O/c1-7(2)10-6-8-5-9(13)3-4-12(8)11-10/h3-7,11H,1-2H3. The Morgan fingerprint density at radius 2 is 2.15 bits per heavy atom. The highest BCUT2D eigenvalue weighted by atomic mass is 16.1. The summed E-state index contributed by atoms with van der Waals surface area (Å²) in [5, 5.41) is 3.20. The van der Waals surface area contributed by atoms with Gasteiger partial charge in [-0.15, -0.1) is 0 Å². The molecule has 13 heavy (non-hydrogen) atoms. The van der Waals surface area contributed by atoms with Crippen LogP contribution in [-0.2, 0) is 0 Å². The van der Waals surface area contributed by atoms with Gasteiger partial charge in [0.25, 0.3) is 0 Å². The number of nitrogens with one attached hydrogen (secondary N) is 1. The van der Waals surface area contributed by atoms with Crippen LogP contribution < -0.4 is 5.43 Å². The first-order valence-electron chi connectivity index (χ1n) is 4.38. The molecule has 0 fully saturated rings. The van der Waals surface area contributed by atoms with E-state index in [1.165, 1.54) is 0 Å². The number of nitrogens with zero attached hydrogens (tertiary/aromatic N) is 1. The van der Waals surface area contributed by atoms with Crippen molar-refractivity contribution in [1.82, 2.24) is 9.61 Å². The molecule has 0 radical (unpaired) electrons.